The molecular weight excluding hydrogens is 290 g/mol. The van der Waals surface area contributed by atoms with E-state index in [9.17, 15) is 8.42 Å². The average molecular weight is 302 g/mol. The van der Waals surface area contributed by atoms with Crippen LogP contribution in [-0.4, -0.2) is 30.1 Å². The largest absolute Gasteiger partial charge is 0.339 e. The van der Waals surface area contributed by atoms with Crippen molar-refractivity contribution in [3.8, 4) is 0 Å². The maximum absolute atomic E-state index is 11.1. The van der Waals surface area contributed by atoms with Crippen LogP contribution in [0, 0.1) is 0 Å². The Hall–Kier alpha value is -1.64. The van der Waals surface area contributed by atoms with Crippen LogP contribution >= 0.6 is 11.6 Å². The fourth-order valence-electron chi connectivity index (χ4n) is 1.44. The molecule has 0 aliphatic rings. The van der Waals surface area contributed by atoms with Crippen LogP contribution in [0.15, 0.2) is 24.4 Å². The zero-order valence-corrected chi connectivity index (χ0v) is 11.6. The van der Waals surface area contributed by atoms with Crippen molar-refractivity contribution in [1.29, 1.82) is 0 Å². The van der Waals surface area contributed by atoms with Gasteiger partial charge >= 0.3 is 0 Å². The lowest BCUT2D eigenvalue weighted by Gasteiger charge is -2.11. The van der Waals surface area contributed by atoms with Gasteiger partial charge in [0, 0.05) is 17.3 Å². The highest BCUT2D eigenvalue weighted by molar-refractivity contribution is 7.88. The van der Waals surface area contributed by atoms with E-state index in [0.29, 0.717) is 22.1 Å². The van der Waals surface area contributed by atoms with E-state index < -0.39 is 10.0 Å². The lowest BCUT2D eigenvalue weighted by Crippen LogP contribution is -2.21. The molecule has 0 saturated heterocycles. The zero-order valence-electron chi connectivity index (χ0n) is 10.0. The number of sulfonamides is 1. The first-order chi connectivity index (χ1) is 8.94. The Morgan fingerprint density at radius 2 is 2.21 bits per heavy atom. The number of hydrogen-bond donors (Lipinski definition) is 3. The van der Waals surface area contributed by atoms with Gasteiger partial charge in [0.15, 0.2) is 0 Å². The number of anilines is 2. The van der Waals surface area contributed by atoms with Gasteiger partial charge in [-0.25, -0.2) is 18.2 Å². The van der Waals surface area contributed by atoms with Gasteiger partial charge in [0.1, 0.15) is 5.82 Å². The molecule has 0 aliphatic heterocycles. The van der Waals surface area contributed by atoms with Gasteiger partial charge in [0.05, 0.1) is 12.5 Å². The zero-order chi connectivity index (χ0) is 13.9. The summed E-state index contributed by atoms with van der Waals surface area (Å²) in [4.78, 5) is 0. The summed E-state index contributed by atoms with van der Waals surface area (Å²) in [6.07, 6.45) is 2.62. The van der Waals surface area contributed by atoms with Crippen molar-refractivity contribution in [2.75, 3.05) is 11.6 Å². The molecule has 1 aromatic carbocycles. The molecule has 9 heteroatoms. The molecule has 0 saturated carbocycles. The van der Waals surface area contributed by atoms with E-state index in [-0.39, 0.29) is 6.54 Å². The van der Waals surface area contributed by atoms with Gasteiger partial charge in [-0.05, 0) is 23.8 Å². The molecule has 102 valence electrons. The minimum atomic E-state index is -3.27. The lowest BCUT2D eigenvalue weighted by molar-refractivity contribution is 0.587. The maximum atomic E-state index is 11.1. The Labute approximate surface area is 115 Å². The summed E-state index contributed by atoms with van der Waals surface area (Å²) in [6.45, 7) is 0.142. The van der Waals surface area contributed by atoms with E-state index in [2.05, 4.69) is 25.4 Å². The highest BCUT2D eigenvalue weighted by atomic mass is 35.5. The fraction of sp³-hybridized carbons (Fsp3) is 0.200. The number of aromatic nitrogens is 3. The van der Waals surface area contributed by atoms with Gasteiger partial charge in [-0.15, -0.1) is 5.10 Å². The van der Waals surface area contributed by atoms with Crippen molar-refractivity contribution in [3.05, 3.63) is 35.0 Å². The molecule has 2 rings (SSSR count). The topological polar surface area (TPSA) is 99.8 Å². The van der Waals surface area contributed by atoms with Crippen molar-refractivity contribution >= 4 is 33.1 Å². The number of hydrogen-bond acceptors (Lipinski definition) is 5. The molecule has 19 heavy (non-hydrogen) atoms. The molecule has 0 radical (unpaired) electrons. The number of benzene rings is 1. The van der Waals surface area contributed by atoms with E-state index in [1.165, 1.54) is 6.20 Å². The lowest BCUT2D eigenvalue weighted by atomic mass is 10.2. The van der Waals surface area contributed by atoms with Crippen LogP contribution in [0.1, 0.15) is 5.56 Å². The molecule has 1 aromatic heterocycles. The smallest absolute Gasteiger partial charge is 0.209 e. The number of aromatic amines is 1. The van der Waals surface area contributed by atoms with Gasteiger partial charge in [-0.1, -0.05) is 16.8 Å². The fourth-order valence-corrected chi connectivity index (χ4v) is 2.06. The van der Waals surface area contributed by atoms with Crippen molar-refractivity contribution in [2.45, 2.75) is 6.54 Å². The first kappa shape index (κ1) is 13.8. The summed E-state index contributed by atoms with van der Waals surface area (Å²) in [7, 11) is -3.27. The van der Waals surface area contributed by atoms with Crippen LogP contribution in [-0.2, 0) is 16.6 Å². The molecule has 0 fully saturated rings. The molecule has 0 aliphatic carbocycles. The van der Waals surface area contributed by atoms with Crippen LogP contribution in [0.25, 0.3) is 0 Å². The summed E-state index contributed by atoms with van der Waals surface area (Å²) >= 11 is 5.91. The van der Waals surface area contributed by atoms with Gasteiger partial charge in [0.2, 0.25) is 10.0 Å². The molecule has 3 N–H and O–H groups in total. The van der Waals surface area contributed by atoms with Crippen LogP contribution in [0.4, 0.5) is 11.5 Å². The minimum absolute atomic E-state index is 0.142. The van der Waals surface area contributed by atoms with E-state index in [1.54, 1.807) is 18.2 Å². The SMILES string of the molecule is CS(=O)(=O)NCc1cc(Cl)ccc1Nc1cnn[nH]1. The third kappa shape index (κ3) is 4.19. The average Bonchev–Trinajstić information content (AvgIpc) is 2.81. The second-order valence-electron chi connectivity index (χ2n) is 3.89. The maximum Gasteiger partial charge on any atom is 0.209 e. The van der Waals surface area contributed by atoms with Crippen LogP contribution in [0.3, 0.4) is 0 Å². The summed E-state index contributed by atoms with van der Waals surface area (Å²) in [5, 5.41) is 13.4. The van der Waals surface area contributed by atoms with Crippen molar-refractivity contribution < 1.29 is 8.42 Å². The second kappa shape index (κ2) is 5.55. The predicted molar refractivity (Wildman–Crippen MR) is 72.8 cm³/mol. The quantitative estimate of drug-likeness (QED) is 0.772. The van der Waals surface area contributed by atoms with Gasteiger partial charge in [-0.2, -0.15) is 0 Å². The normalized spacial score (nSPS) is 11.5. The third-order valence-electron chi connectivity index (χ3n) is 2.28. The highest BCUT2D eigenvalue weighted by Crippen LogP contribution is 2.23. The van der Waals surface area contributed by atoms with Crippen molar-refractivity contribution in [3.63, 3.8) is 0 Å². The Morgan fingerprint density at radius 1 is 1.42 bits per heavy atom. The molecule has 1 heterocycles. The Morgan fingerprint density at radius 3 is 2.84 bits per heavy atom. The van der Waals surface area contributed by atoms with Crippen molar-refractivity contribution in [2.24, 2.45) is 0 Å². The second-order valence-corrected chi connectivity index (χ2v) is 6.16. The standard InChI is InChI=1S/C10H12ClN5O2S/c1-19(17,18)13-5-7-4-8(11)2-3-9(7)14-10-6-12-16-15-10/h2-4,6,13H,5H2,1H3,(H2,12,14,15,16). The van der Waals surface area contributed by atoms with Gasteiger partial charge < -0.3 is 5.32 Å². The van der Waals surface area contributed by atoms with E-state index in [0.717, 1.165) is 6.26 Å². The predicted octanol–water partition coefficient (Wildman–Crippen LogP) is 1.25. The van der Waals surface area contributed by atoms with E-state index >= 15 is 0 Å². The molecule has 7 nitrogen and oxygen atoms in total. The van der Waals surface area contributed by atoms with Gasteiger partial charge in [-0.3, -0.25) is 0 Å². The molecular formula is C10H12ClN5O2S. The number of nitrogens with one attached hydrogen (secondary N) is 3. The molecule has 0 bridgehead atoms. The molecule has 0 amide bonds. The Balaban J connectivity index is 2.22. The first-order valence-electron chi connectivity index (χ1n) is 5.30. The van der Waals surface area contributed by atoms with Gasteiger partial charge in [0.25, 0.3) is 0 Å². The van der Waals surface area contributed by atoms with E-state index in [4.69, 9.17) is 11.6 Å². The number of rotatable bonds is 5. The minimum Gasteiger partial charge on any atom is -0.339 e. The van der Waals surface area contributed by atoms with Crippen LogP contribution < -0.4 is 10.0 Å². The third-order valence-corrected chi connectivity index (χ3v) is 3.18. The monoisotopic (exact) mass is 301 g/mol. The molecule has 2 aromatic rings. The summed E-state index contributed by atoms with van der Waals surface area (Å²) < 4.78 is 24.7. The number of nitrogens with zero attached hydrogens (tertiary/aromatic N) is 2. The van der Waals surface area contributed by atoms with Crippen LogP contribution in [0.5, 0.6) is 0 Å². The highest BCUT2D eigenvalue weighted by Gasteiger charge is 2.08. The Bertz CT molecular complexity index is 657. The van der Waals surface area contributed by atoms with Crippen molar-refractivity contribution in [1.82, 2.24) is 20.1 Å². The first-order valence-corrected chi connectivity index (χ1v) is 7.57. The molecule has 0 atom stereocenters. The van der Waals surface area contributed by atoms with Crippen LogP contribution in [0.2, 0.25) is 5.02 Å². The summed E-state index contributed by atoms with van der Waals surface area (Å²) in [5.41, 5.74) is 1.43. The molecule has 0 spiro atoms. The number of halogens is 1. The number of H-pyrrole nitrogens is 1. The Kier molecular flexibility index (Phi) is 4.03. The molecule has 0 unspecified atom stereocenters. The summed E-state index contributed by atoms with van der Waals surface area (Å²) in [5.74, 6) is 0.600. The summed E-state index contributed by atoms with van der Waals surface area (Å²) in [6, 6.07) is 5.14. The van der Waals surface area contributed by atoms with E-state index in [1.807, 2.05) is 0 Å².